The van der Waals surface area contributed by atoms with Crippen molar-refractivity contribution in [1.82, 2.24) is 0 Å². The van der Waals surface area contributed by atoms with Gasteiger partial charge in [0.15, 0.2) is 11.5 Å². The van der Waals surface area contributed by atoms with Crippen molar-refractivity contribution in [3.63, 3.8) is 0 Å². The molecule has 0 fully saturated rings. The first kappa shape index (κ1) is 13.1. The first-order chi connectivity index (χ1) is 9.10. The van der Waals surface area contributed by atoms with Gasteiger partial charge in [-0.3, -0.25) is 0 Å². The highest BCUT2D eigenvalue weighted by atomic mass is 16.5. The molecule has 0 spiro atoms. The van der Waals surface area contributed by atoms with E-state index in [2.05, 4.69) is 5.32 Å². The molecule has 0 aliphatic rings. The summed E-state index contributed by atoms with van der Waals surface area (Å²) in [5.74, 6) is 0.850. The molecule has 4 nitrogen and oxygen atoms in total. The van der Waals surface area contributed by atoms with Gasteiger partial charge in [-0.1, -0.05) is 6.07 Å². The monoisotopic (exact) mass is 259 g/mol. The fourth-order valence-electron chi connectivity index (χ4n) is 1.88. The number of phenols is 2. The standard InChI is InChI=1S/C15H17NO3/c1-10-7-12(17)4-5-13(10)16-9-11-3-6-14(18)15(8-11)19-2/h3-8,16-18H,9H2,1-2H3. The van der Waals surface area contributed by atoms with E-state index in [0.29, 0.717) is 12.3 Å². The molecular formula is C15H17NO3. The fourth-order valence-corrected chi connectivity index (χ4v) is 1.88. The number of anilines is 1. The summed E-state index contributed by atoms with van der Waals surface area (Å²) in [6.07, 6.45) is 0. The van der Waals surface area contributed by atoms with Crippen LogP contribution < -0.4 is 10.1 Å². The summed E-state index contributed by atoms with van der Waals surface area (Å²) < 4.78 is 5.07. The summed E-state index contributed by atoms with van der Waals surface area (Å²) >= 11 is 0. The molecule has 0 saturated carbocycles. The zero-order chi connectivity index (χ0) is 13.8. The average Bonchev–Trinajstić information content (AvgIpc) is 2.39. The van der Waals surface area contributed by atoms with Crippen molar-refractivity contribution < 1.29 is 14.9 Å². The van der Waals surface area contributed by atoms with E-state index >= 15 is 0 Å². The highest BCUT2D eigenvalue weighted by molar-refractivity contribution is 5.54. The molecule has 0 aromatic heterocycles. The second kappa shape index (κ2) is 5.52. The van der Waals surface area contributed by atoms with E-state index in [-0.39, 0.29) is 11.5 Å². The van der Waals surface area contributed by atoms with Gasteiger partial charge in [0.1, 0.15) is 5.75 Å². The fraction of sp³-hybridized carbons (Fsp3) is 0.200. The minimum absolute atomic E-state index is 0.132. The van der Waals surface area contributed by atoms with Gasteiger partial charge in [0.05, 0.1) is 7.11 Å². The van der Waals surface area contributed by atoms with E-state index in [4.69, 9.17) is 4.74 Å². The predicted octanol–water partition coefficient (Wildman–Crippen LogP) is 3.03. The van der Waals surface area contributed by atoms with Crippen LogP contribution in [0.25, 0.3) is 0 Å². The van der Waals surface area contributed by atoms with E-state index in [1.165, 1.54) is 7.11 Å². The van der Waals surface area contributed by atoms with E-state index in [9.17, 15) is 10.2 Å². The molecule has 0 aliphatic carbocycles. The molecule has 0 radical (unpaired) electrons. The first-order valence-corrected chi connectivity index (χ1v) is 5.99. The maximum atomic E-state index is 9.52. The summed E-state index contributed by atoms with van der Waals surface area (Å²) in [6.45, 7) is 2.54. The van der Waals surface area contributed by atoms with Crippen LogP contribution in [0, 0.1) is 6.92 Å². The molecule has 4 heteroatoms. The normalized spacial score (nSPS) is 10.2. The number of rotatable bonds is 4. The Bertz CT molecular complexity index is 582. The molecule has 2 aromatic carbocycles. The maximum Gasteiger partial charge on any atom is 0.160 e. The van der Waals surface area contributed by atoms with Crippen molar-refractivity contribution >= 4 is 5.69 Å². The molecule has 0 heterocycles. The lowest BCUT2D eigenvalue weighted by atomic mass is 10.1. The van der Waals surface area contributed by atoms with Crippen LogP contribution in [0.15, 0.2) is 36.4 Å². The largest absolute Gasteiger partial charge is 0.508 e. The van der Waals surface area contributed by atoms with Gasteiger partial charge < -0.3 is 20.3 Å². The summed E-state index contributed by atoms with van der Waals surface area (Å²) in [7, 11) is 1.52. The number of ether oxygens (including phenoxy) is 1. The number of aryl methyl sites for hydroxylation is 1. The molecular weight excluding hydrogens is 242 g/mol. The minimum Gasteiger partial charge on any atom is -0.508 e. The molecule has 2 rings (SSSR count). The van der Waals surface area contributed by atoms with Gasteiger partial charge in [-0.25, -0.2) is 0 Å². The summed E-state index contributed by atoms with van der Waals surface area (Å²) in [5.41, 5.74) is 2.94. The zero-order valence-corrected chi connectivity index (χ0v) is 11.0. The Balaban J connectivity index is 2.10. The lowest BCUT2D eigenvalue weighted by Crippen LogP contribution is -2.01. The third kappa shape index (κ3) is 3.10. The van der Waals surface area contributed by atoms with Crippen molar-refractivity contribution in [1.29, 1.82) is 0 Å². The SMILES string of the molecule is COc1cc(CNc2ccc(O)cc2C)ccc1O. The first-order valence-electron chi connectivity index (χ1n) is 5.99. The Morgan fingerprint density at radius 1 is 1.11 bits per heavy atom. The van der Waals surface area contributed by atoms with E-state index in [1.807, 2.05) is 19.1 Å². The maximum absolute atomic E-state index is 9.52. The van der Waals surface area contributed by atoms with Crippen molar-refractivity contribution in [2.24, 2.45) is 0 Å². The summed E-state index contributed by atoms with van der Waals surface area (Å²) in [5, 5.41) is 22.2. The second-order valence-corrected chi connectivity index (χ2v) is 4.36. The molecule has 19 heavy (non-hydrogen) atoms. The van der Waals surface area contributed by atoms with E-state index in [0.717, 1.165) is 16.8 Å². The molecule has 0 saturated heterocycles. The summed E-state index contributed by atoms with van der Waals surface area (Å²) in [6, 6.07) is 10.4. The molecule has 0 atom stereocenters. The highest BCUT2D eigenvalue weighted by Gasteiger charge is 2.04. The Kier molecular flexibility index (Phi) is 3.80. The van der Waals surface area contributed by atoms with Gasteiger partial charge in [0.25, 0.3) is 0 Å². The van der Waals surface area contributed by atoms with E-state index < -0.39 is 0 Å². The van der Waals surface area contributed by atoms with Crippen LogP contribution in [-0.2, 0) is 6.54 Å². The van der Waals surface area contributed by atoms with E-state index in [1.54, 1.807) is 24.3 Å². The Morgan fingerprint density at radius 2 is 1.89 bits per heavy atom. The van der Waals surface area contributed by atoms with Crippen LogP contribution in [-0.4, -0.2) is 17.3 Å². The van der Waals surface area contributed by atoms with Crippen molar-refractivity contribution in [2.75, 3.05) is 12.4 Å². The molecule has 2 aromatic rings. The Hall–Kier alpha value is -2.36. The van der Waals surface area contributed by atoms with Crippen LogP contribution in [0.1, 0.15) is 11.1 Å². The predicted molar refractivity (Wildman–Crippen MR) is 74.8 cm³/mol. The second-order valence-electron chi connectivity index (χ2n) is 4.36. The zero-order valence-electron chi connectivity index (χ0n) is 11.0. The number of benzene rings is 2. The third-order valence-corrected chi connectivity index (χ3v) is 2.94. The van der Waals surface area contributed by atoms with Crippen LogP contribution in [0.2, 0.25) is 0 Å². The highest BCUT2D eigenvalue weighted by Crippen LogP contribution is 2.27. The average molecular weight is 259 g/mol. The number of aromatic hydroxyl groups is 2. The van der Waals surface area contributed by atoms with Gasteiger partial charge in [-0.05, 0) is 48.4 Å². The topological polar surface area (TPSA) is 61.7 Å². The van der Waals surface area contributed by atoms with Gasteiger partial charge in [-0.2, -0.15) is 0 Å². The summed E-state index contributed by atoms with van der Waals surface area (Å²) in [4.78, 5) is 0. The van der Waals surface area contributed by atoms with Crippen molar-refractivity contribution in [3.8, 4) is 17.2 Å². The Morgan fingerprint density at radius 3 is 2.58 bits per heavy atom. The third-order valence-electron chi connectivity index (χ3n) is 2.94. The molecule has 0 amide bonds. The molecule has 3 N–H and O–H groups in total. The molecule has 100 valence electrons. The Labute approximate surface area is 112 Å². The quantitative estimate of drug-likeness (QED) is 0.739. The van der Waals surface area contributed by atoms with Crippen LogP contribution in [0.3, 0.4) is 0 Å². The molecule has 0 unspecified atom stereocenters. The minimum atomic E-state index is 0.132. The number of nitrogens with one attached hydrogen (secondary N) is 1. The van der Waals surface area contributed by atoms with Crippen molar-refractivity contribution in [2.45, 2.75) is 13.5 Å². The van der Waals surface area contributed by atoms with Crippen LogP contribution >= 0.6 is 0 Å². The lowest BCUT2D eigenvalue weighted by Gasteiger charge is -2.11. The smallest absolute Gasteiger partial charge is 0.160 e. The lowest BCUT2D eigenvalue weighted by molar-refractivity contribution is 0.373. The van der Waals surface area contributed by atoms with Gasteiger partial charge >= 0.3 is 0 Å². The number of hydrogen-bond donors (Lipinski definition) is 3. The van der Waals surface area contributed by atoms with Gasteiger partial charge in [0, 0.05) is 12.2 Å². The number of methoxy groups -OCH3 is 1. The van der Waals surface area contributed by atoms with Crippen molar-refractivity contribution in [3.05, 3.63) is 47.5 Å². The molecule has 0 bridgehead atoms. The van der Waals surface area contributed by atoms with Gasteiger partial charge in [0.2, 0.25) is 0 Å². The van der Waals surface area contributed by atoms with Crippen LogP contribution in [0.5, 0.6) is 17.2 Å². The number of phenolic OH excluding ortho intramolecular Hbond substituents is 2. The number of hydrogen-bond acceptors (Lipinski definition) is 4. The van der Waals surface area contributed by atoms with Gasteiger partial charge in [-0.15, -0.1) is 0 Å². The van der Waals surface area contributed by atoms with Crippen LogP contribution in [0.4, 0.5) is 5.69 Å². The molecule has 0 aliphatic heterocycles.